The first kappa shape index (κ1) is 21.8. The maximum absolute atomic E-state index is 13.0. The van der Waals surface area contributed by atoms with Crippen molar-refractivity contribution in [2.45, 2.75) is 25.5 Å². The molecule has 0 fully saturated rings. The highest BCUT2D eigenvalue weighted by Crippen LogP contribution is 2.18. The van der Waals surface area contributed by atoms with E-state index in [1.54, 1.807) is 85.8 Å². The molecule has 0 saturated heterocycles. The number of hydrogen-bond donors (Lipinski definition) is 2. The lowest BCUT2D eigenvalue weighted by molar-refractivity contribution is -0.156. The Kier molecular flexibility index (Phi) is 7.54. The minimum absolute atomic E-state index is 0.290. The number of amides is 2. The Morgan fingerprint density at radius 2 is 1.35 bits per heavy atom. The number of anilines is 1. The first-order chi connectivity index (χ1) is 15.1. The predicted octanol–water partition coefficient (Wildman–Crippen LogP) is 4.12. The van der Waals surface area contributed by atoms with Crippen molar-refractivity contribution in [3.63, 3.8) is 0 Å². The van der Waals surface area contributed by atoms with Crippen molar-refractivity contribution in [2.75, 3.05) is 5.32 Å². The molecule has 0 aliphatic carbocycles. The van der Waals surface area contributed by atoms with Crippen molar-refractivity contribution >= 4 is 23.5 Å². The number of para-hydroxylation sites is 1. The number of carbonyl (C=O) groups is 3. The summed E-state index contributed by atoms with van der Waals surface area (Å²) in [5.74, 6) is -1.54. The number of rotatable bonds is 8. The van der Waals surface area contributed by atoms with Crippen molar-refractivity contribution in [2.24, 2.45) is 0 Å². The summed E-state index contributed by atoms with van der Waals surface area (Å²) in [6.45, 7) is 1.75. The van der Waals surface area contributed by atoms with Crippen LogP contribution in [0.5, 0.6) is 0 Å². The van der Waals surface area contributed by atoms with Crippen LogP contribution in [0.15, 0.2) is 91.0 Å². The predicted molar refractivity (Wildman–Crippen MR) is 118 cm³/mol. The van der Waals surface area contributed by atoms with Gasteiger partial charge in [-0.25, -0.2) is 4.79 Å². The number of nitrogens with one attached hydrogen (secondary N) is 2. The lowest BCUT2D eigenvalue weighted by Crippen LogP contribution is -2.39. The van der Waals surface area contributed by atoms with Crippen molar-refractivity contribution in [1.82, 2.24) is 5.32 Å². The Bertz CT molecular complexity index is 1010. The molecule has 0 unspecified atom stereocenters. The molecule has 31 heavy (non-hydrogen) atoms. The van der Waals surface area contributed by atoms with Gasteiger partial charge in [-0.1, -0.05) is 73.7 Å². The molecule has 0 aliphatic heterocycles. The first-order valence-corrected chi connectivity index (χ1v) is 10.1. The van der Waals surface area contributed by atoms with Crippen molar-refractivity contribution in [3.05, 3.63) is 102 Å². The summed E-state index contributed by atoms with van der Waals surface area (Å²) in [4.78, 5) is 38.3. The van der Waals surface area contributed by atoms with Gasteiger partial charge in [0.2, 0.25) is 0 Å². The monoisotopic (exact) mass is 416 g/mol. The van der Waals surface area contributed by atoms with Crippen molar-refractivity contribution in [1.29, 1.82) is 0 Å². The van der Waals surface area contributed by atoms with Crippen LogP contribution in [0.1, 0.15) is 35.3 Å². The van der Waals surface area contributed by atoms with E-state index < -0.39 is 29.9 Å². The van der Waals surface area contributed by atoms with Crippen LogP contribution in [-0.4, -0.2) is 23.9 Å². The highest BCUT2D eigenvalue weighted by molar-refractivity contribution is 5.98. The number of esters is 1. The van der Waals surface area contributed by atoms with Gasteiger partial charge in [-0.3, -0.25) is 9.59 Å². The van der Waals surface area contributed by atoms with Crippen LogP contribution in [0.3, 0.4) is 0 Å². The highest BCUT2D eigenvalue weighted by Gasteiger charge is 2.29. The van der Waals surface area contributed by atoms with Gasteiger partial charge in [0.25, 0.3) is 11.8 Å². The van der Waals surface area contributed by atoms with Crippen molar-refractivity contribution in [3.8, 4) is 0 Å². The minimum Gasteiger partial charge on any atom is -0.450 e. The second-order valence-corrected chi connectivity index (χ2v) is 6.87. The molecule has 3 rings (SSSR count). The first-order valence-electron chi connectivity index (χ1n) is 10.1. The molecule has 2 N–H and O–H groups in total. The van der Waals surface area contributed by atoms with Gasteiger partial charge in [-0.15, -0.1) is 0 Å². The summed E-state index contributed by atoms with van der Waals surface area (Å²) >= 11 is 0. The summed E-state index contributed by atoms with van der Waals surface area (Å²) in [6, 6.07) is 25.3. The Labute approximate surface area is 181 Å². The lowest BCUT2D eigenvalue weighted by Gasteiger charge is -2.22. The molecule has 0 saturated carbocycles. The second kappa shape index (κ2) is 10.7. The third kappa shape index (κ3) is 6.02. The zero-order valence-corrected chi connectivity index (χ0v) is 17.2. The molecule has 0 aromatic heterocycles. The molecule has 6 heteroatoms. The van der Waals surface area contributed by atoms with E-state index in [1.807, 2.05) is 12.1 Å². The fourth-order valence-electron chi connectivity index (χ4n) is 3.00. The van der Waals surface area contributed by atoms with E-state index >= 15 is 0 Å². The number of carbonyl (C=O) groups excluding carboxylic acids is 3. The molecule has 0 aliphatic rings. The quantitative estimate of drug-likeness (QED) is 0.541. The molecule has 3 aromatic rings. The number of benzene rings is 3. The average Bonchev–Trinajstić information content (AvgIpc) is 2.82. The Morgan fingerprint density at radius 3 is 1.94 bits per heavy atom. The van der Waals surface area contributed by atoms with E-state index in [4.69, 9.17) is 4.74 Å². The van der Waals surface area contributed by atoms with Gasteiger partial charge in [-0.2, -0.15) is 0 Å². The fraction of sp³-hybridized carbons (Fsp3) is 0.160. The molecule has 6 nitrogen and oxygen atoms in total. The van der Waals surface area contributed by atoms with Gasteiger partial charge in [0.05, 0.1) is 0 Å². The van der Waals surface area contributed by atoms with Crippen LogP contribution < -0.4 is 10.6 Å². The SMILES string of the molecule is CC[C@@H](OC(=O)[C@@H](NC(=O)c1ccccc1)c1ccccc1)C(=O)Nc1ccccc1. The molecule has 2 amide bonds. The average molecular weight is 416 g/mol. The zero-order chi connectivity index (χ0) is 22.1. The van der Waals surface area contributed by atoms with Crippen molar-refractivity contribution < 1.29 is 19.1 Å². The Hall–Kier alpha value is -3.93. The van der Waals surface area contributed by atoms with E-state index in [1.165, 1.54) is 0 Å². The molecule has 158 valence electrons. The fourth-order valence-corrected chi connectivity index (χ4v) is 3.00. The normalized spacial score (nSPS) is 12.3. The molecule has 3 aromatic carbocycles. The third-order valence-electron chi connectivity index (χ3n) is 4.64. The summed E-state index contributed by atoms with van der Waals surface area (Å²) in [7, 11) is 0. The maximum Gasteiger partial charge on any atom is 0.334 e. The second-order valence-electron chi connectivity index (χ2n) is 6.87. The van der Waals surface area contributed by atoms with Gasteiger partial charge in [0, 0.05) is 11.3 Å². The van der Waals surface area contributed by atoms with Gasteiger partial charge in [0.15, 0.2) is 12.1 Å². The standard InChI is InChI=1S/C25H24N2O4/c1-2-21(24(29)26-20-16-10-5-11-17-20)31-25(30)22(18-12-6-3-7-13-18)27-23(28)19-14-8-4-9-15-19/h3-17,21-22H,2H2,1H3,(H,26,29)(H,27,28)/t21-,22+/m1/s1. The van der Waals surface area contributed by atoms with E-state index in [2.05, 4.69) is 10.6 Å². The van der Waals surface area contributed by atoms with Crippen LogP contribution in [0, 0.1) is 0 Å². The van der Waals surface area contributed by atoms with Crippen LogP contribution in [-0.2, 0) is 14.3 Å². The summed E-state index contributed by atoms with van der Waals surface area (Å²) in [5.41, 5.74) is 1.60. The Balaban J connectivity index is 1.75. The molecule has 0 spiro atoms. The molecular formula is C25H24N2O4. The molecule has 0 heterocycles. The van der Waals surface area contributed by atoms with Crippen LogP contribution in [0.4, 0.5) is 5.69 Å². The lowest BCUT2D eigenvalue weighted by atomic mass is 10.1. The van der Waals surface area contributed by atoms with Crippen LogP contribution >= 0.6 is 0 Å². The summed E-state index contributed by atoms with van der Waals surface area (Å²) in [6.07, 6.45) is -0.703. The van der Waals surface area contributed by atoms with Gasteiger partial charge in [-0.05, 0) is 36.2 Å². The smallest absolute Gasteiger partial charge is 0.334 e. The van der Waals surface area contributed by atoms with E-state index in [0.29, 0.717) is 23.2 Å². The van der Waals surface area contributed by atoms with E-state index in [9.17, 15) is 14.4 Å². The van der Waals surface area contributed by atoms with Gasteiger partial charge in [0.1, 0.15) is 0 Å². The van der Waals surface area contributed by atoms with Crippen LogP contribution in [0.2, 0.25) is 0 Å². The zero-order valence-electron chi connectivity index (χ0n) is 17.2. The minimum atomic E-state index is -1.05. The molecule has 2 atom stereocenters. The maximum atomic E-state index is 13.0. The number of hydrogen-bond acceptors (Lipinski definition) is 4. The van der Waals surface area contributed by atoms with E-state index in [0.717, 1.165) is 0 Å². The molecule has 0 radical (unpaired) electrons. The topological polar surface area (TPSA) is 84.5 Å². The Morgan fingerprint density at radius 1 is 0.806 bits per heavy atom. The van der Waals surface area contributed by atoms with Gasteiger partial charge < -0.3 is 15.4 Å². The summed E-state index contributed by atoms with van der Waals surface area (Å²) < 4.78 is 5.52. The molecule has 0 bridgehead atoms. The highest BCUT2D eigenvalue weighted by atomic mass is 16.5. The van der Waals surface area contributed by atoms with Crippen LogP contribution in [0.25, 0.3) is 0 Å². The number of ether oxygens (including phenoxy) is 1. The summed E-state index contributed by atoms with van der Waals surface area (Å²) in [5, 5.41) is 5.46. The largest absolute Gasteiger partial charge is 0.450 e. The van der Waals surface area contributed by atoms with E-state index in [-0.39, 0.29) is 0 Å². The van der Waals surface area contributed by atoms with Gasteiger partial charge >= 0.3 is 5.97 Å². The molecular weight excluding hydrogens is 392 g/mol. The third-order valence-corrected chi connectivity index (χ3v) is 4.64.